The summed E-state index contributed by atoms with van der Waals surface area (Å²) in [4.78, 5) is 17.1. The fourth-order valence-corrected chi connectivity index (χ4v) is 6.57. The van der Waals surface area contributed by atoms with Crippen LogP contribution in [0.3, 0.4) is 0 Å². The minimum Gasteiger partial charge on any atom is -0.348 e. The van der Waals surface area contributed by atoms with E-state index in [0.717, 1.165) is 18.2 Å². The number of para-hydroxylation sites is 1. The summed E-state index contributed by atoms with van der Waals surface area (Å²) in [5, 5.41) is 3.85. The topological polar surface area (TPSA) is 79.4 Å². The number of aromatic nitrogens is 1. The van der Waals surface area contributed by atoms with Crippen LogP contribution in [0.2, 0.25) is 0 Å². The van der Waals surface area contributed by atoms with E-state index < -0.39 is 10.0 Å². The minimum absolute atomic E-state index is 0.160. The van der Waals surface area contributed by atoms with E-state index >= 15 is 0 Å². The number of amides is 1. The maximum Gasteiger partial charge on any atom is 0.251 e. The van der Waals surface area contributed by atoms with Crippen LogP contribution in [-0.2, 0) is 10.0 Å². The van der Waals surface area contributed by atoms with E-state index in [1.54, 1.807) is 40.8 Å². The van der Waals surface area contributed by atoms with E-state index in [1.807, 2.05) is 30.3 Å². The highest BCUT2D eigenvalue weighted by Gasteiger charge is 2.50. The quantitative estimate of drug-likeness (QED) is 0.721. The highest BCUT2D eigenvalue weighted by molar-refractivity contribution is 7.89. The number of carbonyl (C=O) groups is 1. The lowest BCUT2D eigenvalue weighted by molar-refractivity contribution is 0.0917. The molecule has 0 radical (unpaired) electrons. The number of fused-ring (bicyclic) bond motifs is 3. The van der Waals surface area contributed by atoms with E-state index in [1.165, 1.54) is 0 Å². The van der Waals surface area contributed by atoms with Crippen LogP contribution < -0.4 is 5.32 Å². The number of benzene rings is 2. The third-order valence-electron chi connectivity index (χ3n) is 5.97. The number of pyridine rings is 1. The number of hydrogen-bond acceptors (Lipinski definition) is 4. The molecule has 6 nitrogen and oxygen atoms in total. The first-order valence-corrected chi connectivity index (χ1v) is 11.2. The lowest BCUT2D eigenvalue weighted by Gasteiger charge is -2.33. The Kier molecular flexibility index (Phi) is 4.37. The number of nitrogens with one attached hydrogen (secondary N) is 1. The normalized spacial score (nSPS) is 24.1. The third-order valence-corrected chi connectivity index (χ3v) is 7.89. The first-order valence-electron chi connectivity index (χ1n) is 9.75. The van der Waals surface area contributed by atoms with Crippen LogP contribution in [0.25, 0.3) is 10.9 Å². The van der Waals surface area contributed by atoms with Crippen molar-refractivity contribution >= 4 is 26.8 Å². The van der Waals surface area contributed by atoms with Gasteiger partial charge in [0.05, 0.1) is 5.52 Å². The molecule has 29 heavy (non-hydrogen) atoms. The Morgan fingerprint density at radius 2 is 1.79 bits per heavy atom. The predicted molar refractivity (Wildman–Crippen MR) is 110 cm³/mol. The average Bonchev–Trinajstić information content (AvgIpc) is 3.35. The molecule has 1 saturated carbocycles. The maximum absolute atomic E-state index is 13.5. The van der Waals surface area contributed by atoms with Crippen LogP contribution in [-0.4, -0.2) is 42.2 Å². The van der Waals surface area contributed by atoms with Crippen molar-refractivity contribution in [2.24, 2.45) is 5.92 Å². The van der Waals surface area contributed by atoms with Gasteiger partial charge in [0.15, 0.2) is 0 Å². The summed E-state index contributed by atoms with van der Waals surface area (Å²) in [6.07, 6.45) is 3.20. The van der Waals surface area contributed by atoms with Crippen molar-refractivity contribution in [1.29, 1.82) is 0 Å². The van der Waals surface area contributed by atoms with Gasteiger partial charge in [-0.3, -0.25) is 9.78 Å². The van der Waals surface area contributed by atoms with Crippen molar-refractivity contribution in [3.8, 4) is 0 Å². The molecule has 148 valence electrons. The second-order valence-electron chi connectivity index (χ2n) is 7.76. The standard InChI is InChI=1S/C22H21N3O3S/c26-22(17-6-2-1-3-7-17)24-18-12-15-13-19(18)25(14-15)29(27,28)20-10-4-8-16-9-5-11-23-21(16)20/h1-11,15,18-19H,12-14H2,(H,24,26). The largest absolute Gasteiger partial charge is 0.348 e. The summed E-state index contributed by atoms with van der Waals surface area (Å²) in [6, 6.07) is 17.5. The second-order valence-corrected chi connectivity index (χ2v) is 9.62. The van der Waals surface area contributed by atoms with Gasteiger partial charge in [0.1, 0.15) is 4.90 Å². The van der Waals surface area contributed by atoms with Crippen LogP contribution in [0.1, 0.15) is 23.2 Å². The van der Waals surface area contributed by atoms with Gasteiger partial charge in [0, 0.05) is 35.8 Å². The summed E-state index contributed by atoms with van der Waals surface area (Å²) >= 11 is 0. The summed E-state index contributed by atoms with van der Waals surface area (Å²) in [6.45, 7) is 0.494. The second kappa shape index (κ2) is 6.93. The molecule has 1 aliphatic heterocycles. The highest BCUT2D eigenvalue weighted by Crippen LogP contribution is 2.41. The van der Waals surface area contributed by atoms with Crippen molar-refractivity contribution in [2.75, 3.05) is 6.54 Å². The number of nitrogens with zero attached hydrogens (tertiary/aromatic N) is 2. The fourth-order valence-electron chi connectivity index (χ4n) is 4.66. The van der Waals surface area contributed by atoms with Crippen LogP contribution in [0.15, 0.2) is 71.8 Å². The zero-order valence-electron chi connectivity index (χ0n) is 15.7. The lowest BCUT2D eigenvalue weighted by Crippen LogP contribution is -2.51. The van der Waals surface area contributed by atoms with Gasteiger partial charge in [0.2, 0.25) is 10.0 Å². The van der Waals surface area contributed by atoms with Crippen LogP contribution >= 0.6 is 0 Å². The van der Waals surface area contributed by atoms with E-state index in [-0.39, 0.29) is 28.8 Å². The zero-order chi connectivity index (χ0) is 20.0. The van der Waals surface area contributed by atoms with Crippen molar-refractivity contribution in [3.63, 3.8) is 0 Å². The molecule has 1 aliphatic carbocycles. The van der Waals surface area contributed by atoms with Crippen molar-refractivity contribution in [1.82, 2.24) is 14.6 Å². The molecule has 3 unspecified atom stereocenters. The number of sulfonamides is 1. The first-order chi connectivity index (χ1) is 14.0. The maximum atomic E-state index is 13.5. The molecule has 3 atom stereocenters. The fraction of sp³-hybridized carbons (Fsp3) is 0.273. The molecule has 1 N–H and O–H groups in total. The van der Waals surface area contributed by atoms with Gasteiger partial charge < -0.3 is 5.32 Å². The Morgan fingerprint density at radius 3 is 2.59 bits per heavy atom. The van der Waals surface area contributed by atoms with Crippen LogP contribution in [0.4, 0.5) is 0 Å². The van der Waals surface area contributed by atoms with Crippen LogP contribution in [0, 0.1) is 5.92 Å². The minimum atomic E-state index is -3.71. The summed E-state index contributed by atoms with van der Waals surface area (Å²) in [7, 11) is -3.71. The van der Waals surface area contributed by atoms with Gasteiger partial charge >= 0.3 is 0 Å². The molecule has 7 heteroatoms. The number of hydrogen-bond donors (Lipinski definition) is 1. The number of rotatable bonds is 4. The molecular weight excluding hydrogens is 386 g/mol. The van der Waals surface area contributed by atoms with Crippen molar-refractivity contribution < 1.29 is 13.2 Å². The van der Waals surface area contributed by atoms with Crippen molar-refractivity contribution in [2.45, 2.75) is 29.8 Å². The van der Waals surface area contributed by atoms with Gasteiger partial charge in [-0.2, -0.15) is 4.31 Å². The predicted octanol–water partition coefficient (Wildman–Crippen LogP) is 2.82. The molecule has 5 rings (SSSR count). The third kappa shape index (κ3) is 3.10. The Bertz CT molecular complexity index is 1170. The molecule has 1 amide bonds. The van der Waals surface area contributed by atoms with E-state index in [0.29, 0.717) is 17.6 Å². The smallest absolute Gasteiger partial charge is 0.251 e. The average molecular weight is 407 g/mol. The Morgan fingerprint density at radius 1 is 1.00 bits per heavy atom. The SMILES string of the molecule is O=C(NC1CC2CC1N(S(=O)(=O)c1cccc3cccnc13)C2)c1ccccc1. The lowest BCUT2D eigenvalue weighted by atomic mass is 10.1. The molecule has 2 aliphatic rings. The Hall–Kier alpha value is -2.77. The van der Waals surface area contributed by atoms with Gasteiger partial charge in [-0.15, -0.1) is 0 Å². The van der Waals surface area contributed by atoms with Gasteiger partial charge in [0.25, 0.3) is 5.91 Å². The molecule has 1 aromatic heterocycles. The monoisotopic (exact) mass is 407 g/mol. The van der Waals surface area contributed by atoms with E-state index in [2.05, 4.69) is 10.3 Å². The van der Waals surface area contributed by atoms with E-state index in [4.69, 9.17) is 0 Å². The van der Waals surface area contributed by atoms with E-state index in [9.17, 15) is 13.2 Å². The summed E-state index contributed by atoms with van der Waals surface area (Å²) < 4.78 is 28.6. The molecule has 1 saturated heterocycles. The Balaban J connectivity index is 1.44. The molecule has 2 heterocycles. The summed E-state index contributed by atoms with van der Waals surface area (Å²) in [5.41, 5.74) is 1.07. The Labute approximate surface area is 169 Å². The van der Waals surface area contributed by atoms with Crippen LogP contribution in [0.5, 0.6) is 0 Å². The molecular formula is C22H21N3O3S. The molecule has 2 bridgehead atoms. The summed E-state index contributed by atoms with van der Waals surface area (Å²) in [5.74, 6) is 0.103. The molecule has 0 spiro atoms. The molecule has 2 aromatic carbocycles. The van der Waals surface area contributed by atoms with Gasteiger partial charge in [-0.1, -0.05) is 36.4 Å². The molecule has 3 aromatic rings. The van der Waals surface area contributed by atoms with Crippen molar-refractivity contribution in [3.05, 3.63) is 72.4 Å². The zero-order valence-corrected chi connectivity index (χ0v) is 16.5. The molecule has 2 fully saturated rings. The van der Waals surface area contributed by atoms with Gasteiger partial charge in [-0.25, -0.2) is 8.42 Å². The number of piperidine rings is 1. The first kappa shape index (κ1) is 18.3. The van der Waals surface area contributed by atoms with Gasteiger partial charge in [-0.05, 0) is 43.0 Å². The highest BCUT2D eigenvalue weighted by atomic mass is 32.2. The number of carbonyl (C=O) groups excluding carboxylic acids is 1.